The molecule has 0 radical (unpaired) electrons. The van der Waals surface area contributed by atoms with E-state index in [4.69, 9.17) is 14.1 Å². The number of aryl methyl sites for hydroxylation is 3. The number of ether oxygens (including phenoxy) is 1. The molecule has 0 fully saturated rings. The minimum atomic E-state index is 0.356. The van der Waals surface area contributed by atoms with Crippen LogP contribution in [0.1, 0.15) is 35.1 Å². The number of thiophene rings is 1. The summed E-state index contributed by atoms with van der Waals surface area (Å²) in [6.07, 6.45) is 3.93. The molecule has 0 saturated carbocycles. The lowest BCUT2D eigenvalue weighted by Gasteiger charge is -2.05. The van der Waals surface area contributed by atoms with Gasteiger partial charge in [-0.3, -0.25) is 0 Å². The summed E-state index contributed by atoms with van der Waals surface area (Å²) in [4.78, 5) is 11.5. The maximum absolute atomic E-state index is 5.95. The fourth-order valence-electron chi connectivity index (χ4n) is 3.52. The van der Waals surface area contributed by atoms with Crippen LogP contribution in [0.15, 0.2) is 47.1 Å². The van der Waals surface area contributed by atoms with Crippen molar-refractivity contribution in [1.29, 1.82) is 0 Å². The van der Waals surface area contributed by atoms with Crippen molar-refractivity contribution in [3.05, 3.63) is 64.5 Å². The predicted molar refractivity (Wildman–Crippen MR) is 118 cm³/mol. The van der Waals surface area contributed by atoms with Crippen LogP contribution >= 0.6 is 11.3 Å². The average molecular weight is 419 g/mol. The van der Waals surface area contributed by atoms with Crippen molar-refractivity contribution < 1.29 is 9.15 Å². The van der Waals surface area contributed by atoms with Gasteiger partial charge in [-0.2, -0.15) is 0 Å². The lowest BCUT2D eigenvalue weighted by atomic mass is 10.1. The van der Waals surface area contributed by atoms with Crippen LogP contribution in [0.3, 0.4) is 0 Å². The van der Waals surface area contributed by atoms with E-state index < -0.39 is 0 Å². The number of benzene rings is 1. The molecule has 0 unspecified atom stereocenters. The molecule has 0 atom stereocenters. The number of fused-ring (bicyclic) bond motifs is 3. The summed E-state index contributed by atoms with van der Waals surface area (Å²) in [6, 6.07) is 12.0. The second-order valence-electron chi connectivity index (χ2n) is 7.36. The standard InChI is InChI=1S/C23H22N4O2S/c1-4-5-16-6-8-17(9-7-16)28-12-18-10-11-19(29-18)21-25-22-20-14(2)15(3)30-23(20)24-13-27(22)26-21/h6-11,13H,4-5,12H2,1-3H3. The summed E-state index contributed by atoms with van der Waals surface area (Å²) >= 11 is 1.68. The highest BCUT2D eigenvalue weighted by Crippen LogP contribution is 2.32. The highest BCUT2D eigenvalue weighted by molar-refractivity contribution is 7.18. The molecule has 5 aromatic rings. The van der Waals surface area contributed by atoms with Crippen molar-refractivity contribution in [1.82, 2.24) is 19.6 Å². The molecule has 0 saturated heterocycles. The summed E-state index contributed by atoms with van der Waals surface area (Å²) in [7, 11) is 0. The molecule has 0 bridgehead atoms. The summed E-state index contributed by atoms with van der Waals surface area (Å²) in [5.74, 6) is 2.72. The lowest BCUT2D eigenvalue weighted by Crippen LogP contribution is -1.94. The van der Waals surface area contributed by atoms with Crippen LogP contribution in [-0.4, -0.2) is 19.6 Å². The van der Waals surface area contributed by atoms with E-state index in [9.17, 15) is 0 Å². The molecule has 6 nitrogen and oxygen atoms in total. The molecular formula is C23H22N4O2S. The average Bonchev–Trinajstić information content (AvgIpc) is 3.45. The fourth-order valence-corrected chi connectivity index (χ4v) is 4.51. The maximum atomic E-state index is 5.95. The summed E-state index contributed by atoms with van der Waals surface area (Å²) in [5.41, 5.74) is 3.33. The van der Waals surface area contributed by atoms with Crippen LogP contribution in [0.25, 0.3) is 27.4 Å². The smallest absolute Gasteiger partial charge is 0.217 e. The number of hydrogen-bond donors (Lipinski definition) is 0. The topological polar surface area (TPSA) is 65.5 Å². The molecule has 4 aromatic heterocycles. The molecule has 0 aliphatic rings. The van der Waals surface area contributed by atoms with E-state index in [-0.39, 0.29) is 0 Å². The number of hydrogen-bond acceptors (Lipinski definition) is 6. The molecule has 0 aliphatic heterocycles. The van der Waals surface area contributed by atoms with Crippen molar-refractivity contribution in [2.45, 2.75) is 40.2 Å². The quantitative estimate of drug-likeness (QED) is 0.351. The Labute approximate surface area is 178 Å². The molecule has 0 N–H and O–H groups in total. The van der Waals surface area contributed by atoms with Crippen LogP contribution in [0.4, 0.5) is 0 Å². The van der Waals surface area contributed by atoms with Gasteiger partial charge in [0.25, 0.3) is 0 Å². The van der Waals surface area contributed by atoms with E-state index in [1.165, 1.54) is 16.0 Å². The van der Waals surface area contributed by atoms with Gasteiger partial charge in [0.15, 0.2) is 11.4 Å². The van der Waals surface area contributed by atoms with Crippen LogP contribution in [0, 0.1) is 13.8 Å². The molecule has 4 heterocycles. The van der Waals surface area contributed by atoms with Gasteiger partial charge in [0.1, 0.15) is 29.3 Å². The molecule has 0 spiro atoms. The maximum Gasteiger partial charge on any atom is 0.217 e. The summed E-state index contributed by atoms with van der Waals surface area (Å²) in [6.45, 7) is 6.74. The minimum Gasteiger partial charge on any atom is -0.486 e. The van der Waals surface area contributed by atoms with Crippen molar-refractivity contribution in [3.63, 3.8) is 0 Å². The Morgan fingerprint density at radius 2 is 1.93 bits per heavy atom. The SMILES string of the molecule is CCCc1ccc(OCc2ccc(-c3nc4c5c(C)c(C)sc5ncn4n3)o2)cc1. The third-order valence-electron chi connectivity index (χ3n) is 5.23. The third-order valence-corrected chi connectivity index (χ3v) is 6.35. The lowest BCUT2D eigenvalue weighted by molar-refractivity contribution is 0.271. The molecule has 1 aromatic carbocycles. The van der Waals surface area contributed by atoms with Crippen molar-refractivity contribution in [3.8, 4) is 17.3 Å². The second-order valence-corrected chi connectivity index (χ2v) is 8.56. The highest BCUT2D eigenvalue weighted by Gasteiger charge is 2.17. The predicted octanol–water partition coefficient (Wildman–Crippen LogP) is 5.75. The van der Waals surface area contributed by atoms with Crippen LogP contribution in [0.2, 0.25) is 0 Å². The van der Waals surface area contributed by atoms with Gasteiger partial charge >= 0.3 is 0 Å². The highest BCUT2D eigenvalue weighted by atomic mass is 32.1. The zero-order chi connectivity index (χ0) is 20.7. The van der Waals surface area contributed by atoms with Gasteiger partial charge in [-0.25, -0.2) is 14.5 Å². The second kappa shape index (κ2) is 7.57. The van der Waals surface area contributed by atoms with Crippen molar-refractivity contribution in [2.24, 2.45) is 0 Å². The van der Waals surface area contributed by atoms with Gasteiger partial charge in [0.05, 0.1) is 5.39 Å². The van der Waals surface area contributed by atoms with E-state index in [2.05, 4.69) is 43.0 Å². The Hall–Kier alpha value is -3.19. The Morgan fingerprint density at radius 3 is 2.73 bits per heavy atom. The Kier molecular flexibility index (Phi) is 4.75. The molecule has 7 heteroatoms. The van der Waals surface area contributed by atoms with Crippen LogP contribution in [-0.2, 0) is 13.0 Å². The number of aromatic nitrogens is 4. The number of nitrogens with zero attached hydrogens (tertiary/aromatic N) is 4. The molecular weight excluding hydrogens is 396 g/mol. The minimum absolute atomic E-state index is 0.356. The van der Waals surface area contributed by atoms with Gasteiger partial charge in [0, 0.05) is 4.88 Å². The Balaban J connectivity index is 1.37. The monoisotopic (exact) mass is 418 g/mol. The van der Waals surface area contributed by atoms with Crippen LogP contribution in [0.5, 0.6) is 5.75 Å². The fraction of sp³-hybridized carbons (Fsp3) is 0.261. The van der Waals surface area contributed by atoms with E-state index in [0.29, 0.717) is 18.2 Å². The first kappa shape index (κ1) is 18.8. The Bertz CT molecular complexity index is 1330. The van der Waals surface area contributed by atoms with Gasteiger partial charge in [-0.1, -0.05) is 25.5 Å². The normalized spacial score (nSPS) is 11.6. The first-order chi connectivity index (χ1) is 14.6. The van der Waals surface area contributed by atoms with E-state index >= 15 is 0 Å². The van der Waals surface area contributed by atoms with Gasteiger partial charge in [-0.05, 0) is 55.7 Å². The first-order valence-corrected chi connectivity index (χ1v) is 10.9. The number of rotatable bonds is 6. The summed E-state index contributed by atoms with van der Waals surface area (Å²) < 4.78 is 13.5. The number of furan rings is 1. The molecule has 30 heavy (non-hydrogen) atoms. The summed E-state index contributed by atoms with van der Waals surface area (Å²) in [5, 5.41) is 5.61. The van der Waals surface area contributed by atoms with Gasteiger partial charge in [0.2, 0.25) is 5.82 Å². The molecule has 0 amide bonds. The van der Waals surface area contributed by atoms with E-state index in [1.807, 2.05) is 24.3 Å². The Morgan fingerprint density at radius 1 is 1.10 bits per heavy atom. The first-order valence-electron chi connectivity index (χ1n) is 10.0. The third kappa shape index (κ3) is 3.35. The van der Waals surface area contributed by atoms with Crippen molar-refractivity contribution >= 4 is 27.2 Å². The zero-order valence-corrected chi connectivity index (χ0v) is 18.0. The van der Waals surface area contributed by atoms with Crippen molar-refractivity contribution in [2.75, 3.05) is 0 Å². The largest absolute Gasteiger partial charge is 0.486 e. The molecule has 5 rings (SSSR count). The molecule has 0 aliphatic carbocycles. The van der Waals surface area contributed by atoms with Crippen LogP contribution < -0.4 is 4.74 Å². The van der Waals surface area contributed by atoms with E-state index in [1.54, 1.807) is 22.2 Å². The zero-order valence-electron chi connectivity index (χ0n) is 17.2. The molecule has 152 valence electrons. The van der Waals surface area contributed by atoms with Gasteiger partial charge in [-0.15, -0.1) is 16.4 Å². The van der Waals surface area contributed by atoms with E-state index in [0.717, 1.165) is 40.2 Å². The van der Waals surface area contributed by atoms with Gasteiger partial charge < -0.3 is 9.15 Å².